The molecule has 0 atom stereocenters. The van der Waals surface area contributed by atoms with Gasteiger partial charge in [-0.15, -0.1) is 0 Å². The van der Waals surface area contributed by atoms with Crippen LogP contribution in [-0.2, 0) is 4.79 Å². The molecule has 0 radical (unpaired) electrons. The van der Waals surface area contributed by atoms with Crippen molar-refractivity contribution in [3.63, 3.8) is 0 Å². The van der Waals surface area contributed by atoms with Crippen LogP contribution >= 0.6 is 15.9 Å². The first-order valence-electron chi connectivity index (χ1n) is 6.12. The number of halogens is 1. The second-order valence-corrected chi connectivity index (χ2v) is 5.90. The Labute approximate surface area is 116 Å². The SMILES string of the molecule is CC(C)(CBr)CN1C(=O)CCOc2ccccc21. The molecule has 0 fully saturated rings. The van der Waals surface area contributed by atoms with Gasteiger partial charge in [-0.25, -0.2) is 0 Å². The molecule has 0 saturated carbocycles. The molecular weight excluding hydrogens is 294 g/mol. The van der Waals surface area contributed by atoms with E-state index >= 15 is 0 Å². The molecule has 0 spiro atoms. The average molecular weight is 312 g/mol. The number of anilines is 1. The Hall–Kier alpha value is -1.03. The number of amides is 1. The lowest BCUT2D eigenvalue weighted by molar-refractivity contribution is -0.119. The number of ether oxygens (including phenoxy) is 1. The molecule has 3 nitrogen and oxygen atoms in total. The van der Waals surface area contributed by atoms with Crippen molar-refractivity contribution in [2.45, 2.75) is 20.3 Å². The molecule has 1 aliphatic heterocycles. The van der Waals surface area contributed by atoms with Gasteiger partial charge in [0, 0.05) is 11.9 Å². The Bertz CT molecular complexity index is 445. The first-order valence-corrected chi connectivity index (χ1v) is 7.24. The number of para-hydroxylation sites is 2. The molecule has 18 heavy (non-hydrogen) atoms. The van der Waals surface area contributed by atoms with Crippen LogP contribution in [-0.4, -0.2) is 24.4 Å². The third kappa shape index (κ3) is 2.86. The van der Waals surface area contributed by atoms with Crippen molar-refractivity contribution in [2.75, 3.05) is 23.4 Å². The standard InChI is InChI=1S/C14H18BrNO2/c1-14(2,9-15)10-16-11-5-3-4-6-12(11)18-8-7-13(16)17/h3-6H,7-10H2,1-2H3. The van der Waals surface area contributed by atoms with Gasteiger partial charge in [-0.1, -0.05) is 41.9 Å². The van der Waals surface area contributed by atoms with E-state index in [1.54, 1.807) is 0 Å². The lowest BCUT2D eigenvalue weighted by Crippen LogP contribution is -2.39. The highest BCUT2D eigenvalue weighted by Crippen LogP contribution is 2.33. The zero-order valence-electron chi connectivity index (χ0n) is 10.8. The van der Waals surface area contributed by atoms with Crippen molar-refractivity contribution in [1.29, 1.82) is 0 Å². The summed E-state index contributed by atoms with van der Waals surface area (Å²) in [5.74, 6) is 0.933. The van der Waals surface area contributed by atoms with Crippen LogP contribution in [0.5, 0.6) is 5.75 Å². The maximum absolute atomic E-state index is 12.2. The highest BCUT2D eigenvalue weighted by atomic mass is 79.9. The lowest BCUT2D eigenvalue weighted by Gasteiger charge is -2.31. The summed E-state index contributed by atoms with van der Waals surface area (Å²) in [7, 11) is 0. The molecule has 0 saturated heterocycles. The number of fused-ring (bicyclic) bond motifs is 1. The van der Waals surface area contributed by atoms with Crippen molar-refractivity contribution in [1.82, 2.24) is 0 Å². The van der Waals surface area contributed by atoms with E-state index in [1.807, 2.05) is 29.2 Å². The Morgan fingerprint density at radius 1 is 1.39 bits per heavy atom. The number of rotatable bonds is 3. The van der Waals surface area contributed by atoms with Crippen LogP contribution in [0.4, 0.5) is 5.69 Å². The van der Waals surface area contributed by atoms with E-state index < -0.39 is 0 Å². The van der Waals surface area contributed by atoms with Gasteiger partial charge in [0.05, 0.1) is 18.7 Å². The smallest absolute Gasteiger partial charge is 0.230 e. The Morgan fingerprint density at radius 2 is 2.11 bits per heavy atom. The minimum atomic E-state index is 0.0348. The van der Waals surface area contributed by atoms with Gasteiger partial charge in [0.1, 0.15) is 5.75 Å². The lowest BCUT2D eigenvalue weighted by atomic mass is 9.95. The summed E-state index contributed by atoms with van der Waals surface area (Å²) in [6, 6.07) is 7.74. The highest BCUT2D eigenvalue weighted by Gasteiger charge is 2.28. The van der Waals surface area contributed by atoms with Gasteiger partial charge in [0.25, 0.3) is 0 Å². The second-order valence-electron chi connectivity index (χ2n) is 5.34. The maximum Gasteiger partial charge on any atom is 0.230 e. The van der Waals surface area contributed by atoms with Gasteiger partial charge in [0.2, 0.25) is 5.91 Å². The molecule has 1 aromatic rings. The van der Waals surface area contributed by atoms with Gasteiger partial charge in [-0.3, -0.25) is 4.79 Å². The minimum Gasteiger partial charge on any atom is -0.491 e. The average Bonchev–Trinajstić information content (AvgIpc) is 2.50. The molecule has 1 aromatic carbocycles. The van der Waals surface area contributed by atoms with Crippen molar-refractivity contribution in [3.8, 4) is 5.75 Å². The molecule has 98 valence electrons. The van der Waals surface area contributed by atoms with Crippen molar-refractivity contribution >= 4 is 27.5 Å². The summed E-state index contributed by atoms with van der Waals surface area (Å²) < 4.78 is 5.62. The number of carbonyl (C=O) groups excluding carboxylic acids is 1. The molecule has 0 N–H and O–H groups in total. The maximum atomic E-state index is 12.2. The fraction of sp³-hybridized carbons (Fsp3) is 0.500. The molecular formula is C14H18BrNO2. The normalized spacial score (nSPS) is 15.9. The number of hydrogen-bond donors (Lipinski definition) is 0. The van der Waals surface area contributed by atoms with Crippen LogP contribution in [0.1, 0.15) is 20.3 Å². The minimum absolute atomic E-state index is 0.0348. The molecule has 0 aromatic heterocycles. The molecule has 0 bridgehead atoms. The van der Waals surface area contributed by atoms with Gasteiger partial charge in [-0.2, -0.15) is 0 Å². The van der Waals surface area contributed by atoms with Crippen LogP contribution in [0.15, 0.2) is 24.3 Å². The largest absolute Gasteiger partial charge is 0.491 e. The van der Waals surface area contributed by atoms with Crippen LogP contribution < -0.4 is 9.64 Å². The summed E-state index contributed by atoms with van der Waals surface area (Å²) in [5, 5.41) is 0.854. The van der Waals surface area contributed by atoms with E-state index in [-0.39, 0.29) is 11.3 Å². The fourth-order valence-corrected chi connectivity index (χ4v) is 2.14. The number of hydrogen-bond acceptors (Lipinski definition) is 2. The zero-order chi connectivity index (χ0) is 13.2. The van der Waals surface area contributed by atoms with Crippen molar-refractivity contribution in [3.05, 3.63) is 24.3 Å². The van der Waals surface area contributed by atoms with Crippen LogP contribution in [0, 0.1) is 5.41 Å². The Balaban J connectivity index is 2.34. The van der Waals surface area contributed by atoms with Gasteiger partial charge in [0.15, 0.2) is 0 Å². The van der Waals surface area contributed by atoms with E-state index in [1.165, 1.54) is 0 Å². The van der Waals surface area contributed by atoms with E-state index in [0.717, 1.165) is 16.8 Å². The summed E-state index contributed by atoms with van der Waals surface area (Å²) in [4.78, 5) is 14.1. The van der Waals surface area contributed by atoms with Crippen molar-refractivity contribution in [2.24, 2.45) is 5.41 Å². The Kier molecular flexibility index (Phi) is 3.95. The van der Waals surface area contributed by atoms with E-state index in [9.17, 15) is 4.79 Å². The number of nitrogens with zero attached hydrogens (tertiary/aromatic N) is 1. The number of alkyl halides is 1. The molecule has 2 rings (SSSR count). The third-order valence-electron chi connectivity index (χ3n) is 2.98. The van der Waals surface area contributed by atoms with Gasteiger partial charge < -0.3 is 9.64 Å². The highest BCUT2D eigenvalue weighted by molar-refractivity contribution is 9.09. The molecule has 0 aliphatic carbocycles. The van der Waals surface area contributed by atoms with Gasteiger partial charge >= 0.3 is 0 Å². The van der Waals surface area contributed by atoms with Gasteiger partial charge in [-0.05, 0) is 17.5 Å². The first-order chi connectivity index (χ1) is 8.53. The summed E-state index contributed by atoms with van der Waals surface area (Å²) >= 11 is 3.51. The summed E-state index contributed by atoms with van der Waals surface area (Å²) in [6.07, 6.45) is 0.438. The van der Waals surface area contributed by atoms with E-state index in [2.05, 4.69) is 29.8 Å². The van der Waals surface area contributed by atoms with Crippen LogP contribution in [0.25, 0.3) is 0 Å². The van der Waals surface area contributed by atoms with Crippen LogP contribution in [0.3, 0.4) is 0 Å². The summed E-state index contributed by atoms with van der Waals surface area (Å²) in [6.45, 7) is 5.44. The monoisotopic (exact) mass is 311 g/mol. The van der Waals surface area contributed by atoms with Crippen molar-refractivity contribution < 1.29 is 9.53 Å². The fourth-order valence-electron chi connectivity index (χ4n) is 1.96. The molecule has 1 aliphatic rings. The van der Waals surface area contributed by atoms with Crippen LogP contribution in [0.2, 0.25) is 0 Å². The third-order valence-corrected chi connectivity index (χ3v) is 4.50. The quantitative estimate of drug-likeness (QED) is 0.802. The Morgan fingerprint density at radius 3 is 2.83 bits per heavy atom. The number of carbonyl (C=O) groups is 1. The van der Waals surface area contributed by atoms with E-state index in [0.29, 0.717) is 19.6 Å². The molecule has 4 heteroatoms. The zero-order valence-corrected chi connectivity index (χ0v) is 12.4. The number of benzene rings is 1. The van der Waals surface area contributed by atoms with E-state index in [4.69, 9.17) is 4.74 Å². The predicted octanol–water partition coefficient (Wildman–Crippen LogP) is 3.22. The molecule has 0 unspecified atom stereocenters. The summed E-state index contributed by atoms with van der Waals surface area (Å²) in [5.41, 5.74) is 0.918. The molecule has 1 amide bonds. The predicted molar refractivity (Wildman–Crippen MR) is 76.5 cm³/mol. The second kappa shape index (κ2) is 5.31. The molecule has 1 heterocycles. The topological polar surface area (TPSA) is 29.5 Å². The first kappa shape index (κ1) is 13.4.